The second-order valence-corrected chi connectivity index (χ2v) is 5.53. The molecule has 0 unspecified atom stereocenters. The highest BCUT2D eigenvalue weighted by atomic mass is 32.1. The lowest BCUT2D eigenvalue weighted by Gasteiger charge is -2.22. The van der Waals surface area contributed by atoms with E-state index in [1.54, 1.807) is 11.4 Å². The number of carbonyl (C=O) groups excluding carboxylic acids is 1. The number of amides is 1. The van der Waals surface area contributed by atoms with E-state index in [9.17, 15) is 9.59 Å². The van der Waals surface area contributed by atoms with Crippen molar-refractivity contribution in [2.45, 2.75) is 38.1 Å². The molecule has 1 saturated carbocycles. The predicted octanol–water partition coefficient (Wildman–Crippen LogP) is 2.27. The van der Waals surface area contributed by atoms with Crippen LogP contribution in [0.3, 0.4) is 0 Å². The number of thiophene rings is 1. The zero-order valence-electron chi connectivity index (χ0n) is 10.6. The van der Waals surface area contributed by atoms with Crippen LogP contribution in [0.1, 0.15) is 41.8 Å². The molecule has 6 heteroatoms. The van der Waals surface area contributed by atoms with E-state index in [0.29, 0.717) is 0 Å². The third kappa shape index (κ3) is 3.96. The fourth-order valence-electron chi connectivity index (χ4n) is 2.23. The van der Waals surface area contributed by atoms with Crippen LogP contribution in [0.15, 0.2) is 11.4 Å². The van der Waals surface area contributed by atoms with E-state index in [-0.39, 0.29) is 29.2 Å². The van der Waals surface area contributed by atoms with Gasteiger partial charge in [0.2, 0.25) is 0 Å². The second kappa shape index (κ2) is 6.56. The molecule has 1 heterocycles. The summed E-state index contributed by atoms with van der Waals surface area (Å²) in [4.78, 5) is 22.7. The second-order valence-electron chi connectivity index (χ2n) is 4.61. The summed E-state index contributed by atoms with van der Waals surface area (Å²) in [5.41, 5.74) is 0. The molecule has 2 rings (SSSR count). The summed E-state index contributed by atoms with van der Waals surface area (Å²) in [5.74, 6) is -0.955. The molecule has 2 N–H and O–H groups in total. The Morgan fingerprint density at radius 2 is 2.11 bits per heavy atom. The average molecular weight is 283 g/mol. The average Bonchev–Trinajstić information content (AvgIpc) is 2.86. The number of rotatable bonds is 5. The Kier molecular flexibility index (Phi) is 4.79. The zero-order valence-corrected chi connectivity index (χ0v) is 11.4. The fraction of sp³-hybridized carbons (Fsp3) is 0.538. The summed E-state index contributed by atoms with van der Waals surface area (Å²) < 4.78 is 5.26. The van der Waals surface area contributed by atoms with E-state index in [1.165, 1.54) is 6.42 Å². The fourth-order valence-corrected chi connectivity index (χ4v) is 2.90. The summed E-state index contributed by atoms with van der Waals surface area (Å²) >= 11 is 1.09. The molecule has 1 amide bonds. The molecule has 1 aliphatic carbocycles. The number of carboxylic acids is 1. The van der Waals surface area contributed by atoms with Crippen molar-refractivity contribution in [3.05, 3.63) is 16.3 Å². The van der Waals surface area contributed by atoms with Crippen molar-refractivity contribution < 1.29 is 19.4 Å². The maximum absolute atomic E-state index is 11.7. The van der Waals surface area contributed by atoms with Gasteiger partial charge in [-0.15, -0.1) is 11.3 Å². The van der Waals surface area contributed by atoms with Gasteiger partial charge < -0.3 is 15.2 Å². The van der Waals surface area contributed by atoms with Gasteiger partial charge in [-0.1, -0.05) is 19.3 Å². The van der Waals surface area contributed by atoms with E-state index in [4.69, 9.17) is 9.84 Å². The van der Waals surface area contributed by atoms with Gasteiger partial charge in [0.25, 0.3) is 5.91 Å². The molecule has 0 saturated heterocycles. The molecule has 104 valence electrons. The zero-order chi connectivity index (χ0) is 13.7. The first-order valence-corrected chi connectivity index (χ1v) is 7.27. The number of hydrogen-bond donors (Lipinski definition) is 2. The van der Waals surface area contributed by atoms with Crippen LogP contribution in [-0.4, -0.2) is 29.6 Å². The topological polar surface area (TPSA) is 75.6 Å². The lowest BCUT2D eigenvalue weighted by Crippen LogP contribution is -2.39. The Morgan fingerprint density at radius 3 is 2.79 bits per heavy atom. The van der Waals surface area contributed by atoms with Crippen molar-refractivity contribution in [1.82, 2.24) is 5.32 Å². The van der Waals surface area contributed by atoms with E-state index >= 15 is 0 Å². The molecule has 0 spiro atoms. The number of carboxylic acid groups (broad SMARTS) is 1. The van der Waals surface area contributed by atoms with Crippen LogP contribution in [-0.2, 0) is 4.79 Å². The Hall–Kier alpha value is -1.56. The van der Waals surface area contributed by atoms with E-state index < -0.39 is 5.97 Å². The molecule has 1 aromatic heterocycles. The minimum atomic E-state index is -1.03. The van der Waals surface area contributed by atoms with Gasteiger partial charge in [0.15, 0.2) is 11.5 Å². The molecule has 0 bridgehead atoms. The first-order chi connectivity index (χ1) is 9.16. The monoisotopic (exact) mass is 283 g/mol. The van der Waals surface area contributed by atoms with Crippen molar-refractivity contribution in [3.63, 3.8) is 0 Å². The predicted molar refractivity (Wildman–Crippen MR) is 71.8 cm³/mol. The molecule has 19 heavy (non-hydrogen) atoms. The number of ether oxygens (including phenoxy) is 1. The summed E-state index contributed by atoms with van der Waals surface area (Å²) in [6.07, 6.45) is 5.58. The number of carbonyl (C=O) groups is 2. The van der Waals surface area contributed by atoms with Crippen molar-refractivity contribution in [3.8, 4) is 5.75 Å². The van der Waals surface area contributed by atoms with Crippen LogP contribution in [0.5, 0.6) is 5.75 Å². The Balaban J connectivity index is 1.79. The minimum absolute atomic E-state index is 0.130. The van der Waals surface area contributed by atoms with Crippen LogP contribution >= 0.6 is 11.3 Å². The molecule has 0 aromatic carbocycles. The van der Waals surface area contributed by atoms with Crippen LogP contribution < -0.4 is 10.1 Å². The van der Waals surface area contributed by atoms with Gasteiger partial charge >= 0.3 is 5.97 Å². The SMILES string of the molecule is O=C(COc1ccsc1C(=O)O)NC1CCCCC1. The molecule has 0 aliphatic heterocycles. The van der Waals surface area contributed by atoms with Gasteiger partial charge in [0, 0.05) is 6.04 Å². The highest BCUT2D eigenvalue weighted by Crippen LogP contribution is 2.24. The van der Waals surface area contributed by atoms with Gasteiger partial charge in [-0.2, -0.15) is 0 Å². The van der Waals surface area contributed by atoms with Gasteiger partial charge in [0.1, 0.15) is 5.75 Å². The first kappa shape index (κ1) is 13.9. The van der Waals surface area contributed by atoms with Crippen molar-refractivity contribution in [2.24, 2.45) is 0 Å². The summed E-state index contributed by atoms with van der Waals surface area (Å²) in [5, 5.41) is 13.5. The van der Waals surface area contributed by atoms with Crippen molar-refractivity contribution >= 4 is 23.2 Å². The largest absolute Gasteiger partial charge is 0.482 e. The molecular weight excluding hydrogens is 266 g/mol. The molecule has 5 nitrogen and oxygen atoms in total. The van der Waals surface area contributed by atoms with Crippen LogP contribution in [0.2, 0.25) is 0 Å². The number of aromatic carboxylic acids is 1. The summed E-state index contributed by atoms with van der Waals surface area (Å²) in [6, 6.07) is 1.81. The minimum Gasteiger partial charge on any atom is -0.482 e. The third-order valence-corrected chi connectivity index (χ3v) is 4.04. The highest BCUT2D eigenvalue weighted by molar-refractivity contribution is 7.12. The van der Waals surface area contributed by atoms with Gasteiger partial charge in [0.05, 0.1) is 0 Å². The molecular formula is C13H17NO4S. The van der Waals surface area contributed by atoms with Gasteiger partial charge in [-0.25, -0.2) is 4.79 Å². The van der Waals surface area contributed by atoms with E-state index in [1.807, 2.05) is 0 Å². The standard InChI is InChI=1S/C13H17NO4S/c15-11(14-9-4-2-1-3-5-9)8-18-10-6-7-19-12(10)13(16)17/h6-7,9H,1-5,8H2,(H,14,15)(H,16,17). The number of nitrogens with one attached hydrogen (secondary N) is 1. The van der Waals surface area contributed by atoms with Gasteiger partial charge in [-0.3, -0.25) is 4.79 Å². The van der Waals surface area contributed by atoms with Gasteiger partial charge in [-0.05, 0) is 24.3 Å². The lowest BCUT2D eigenvalue weighted by molar-refractivity contribution is -0.124. The Morgan fingerprint density at radius 1 is 1.37 bits per heavy atom. The molecule has 0 atom stereocenters. The molecule has 1 aliphatic rings. The molecule has 0 radical (unpaired) electrons. The van der Waals surface area contributed by atoms with Crippen molar-refractivity contribution in [1.29, 1.82) is 0 Å². The first-order valence-electron chi connectivity index (χ1n) is 6.40. The lowest BCUT2D eigenvalue weighted by atomic mass is 9.95. The van der Waals surface area contributed by atoms with Crippen LogP contribution in [0.25, 0.3) is 0 Å². The Labute approximate surface area is 115 Å². The summed E-state index contributed by atoms with van der Waals surface area (Å²) in [6.45, 7) is -0.131. The smallest absolute Gasteiger partial charge is 0.349 e. The van der Waals surface area contributed by atoms with Crippen LogP contribution in [0.4, 0.5) is 0 Å². The number of hydrogen-bond acceptors (Lipinski definition) is 4. The van der Waals surface area contributed by atoms with Crippen LogP contribution in [0, 0.1) is 0 Å². The quantitative estimate of drug-likeness (QED) is 0.869. The maximum Gasteiger partial charge on any atom is 0.349 e. The maximum atomic E-state index is 11.7. The third-order valence-electron chi connectivity index (χ3n) is 3.15. The normalized spacial score (nSPS) is 16.0. The summed E-state index contributed by atoms with van der Waals surface area (Å²) in [7, 11) is 0. The highest BCUT2D eigenvalue weighted by Gasteiger charge is 2.17. The van der Waals surface area contributed by atoms with E-state index in [2.05, 4.69) is 5.32 Å². The Bertz CT molecular complexity index is 451. The van der Waals surface area contributed by atoms with Crippen molar-refractivity contribution in [2.75, 3.05) is 6.61 Å². The molecule has 1 fully saturated rings. The molecule has 1 aromatic rings. The van der Waals surface area contributed by atoms with E-state index in [0.717, 1.165) is 37.0 Å².